The van der Waals surface area contributed by atoms with Crippen molar-refractivity contribution in [1.29, 1.82) is 10.5 Å². The third kappa shape index (κ3) is 1.98. The van der Waals surface area contributed by atoms with E-state index in [0.717, 1.165) is 11.1 Å². The first-order valence-corrected chi connectivity index (χ1v) is 10.0. The van der Waals surface area contributed by atoms with Crippen molar-refractivity contribution in [2.75, 3.05) is 11.9 Å². The van der Waals surface area contributed by atoms with E-state index in [0.29, 0.717) is 5.56 Å². The summed E-state index contributed by atoms with van der Waals surface area (Å²) in [6, 6.07) is 19.5. The van der Waals surface area contributed by atoms with E-state index in [2.05, 4.69) is 78.2 Å². The van der Waals surface area contributed by atoms with Gasteiger partial charge in [0.2, 0.25) is 0 Å². The summed E-state index contributed by atoms with van der Waals surface area (Å²) in [5.41, 5.74) is 6.21. The van der Waals surface area contributed by atoms with Gasteiger partial charge in [-0.1, -0.05) is 36.4 Å². The molecule has 3 aromatic carbocycles. The first kappa shape index (κ1) is 16.9. The van der Waals surface area contributed by atoms with Gasteiger partial charge in [-0.3, -0.25) is 0 Å². The lowest BCUT2D eigenvalue weighted by molar-refractivity contribution is 0.720. The molecule has 0 saturated heterocycles. The van der Waals surface area contributed by atoms with Crippen molar-refractivity contribution in [3.63, 3.8) is 0 Å². The Morgan fingerprint density at radius 2 is 1.60 bits per heavy atom. The monoisotopic (exact) mass is 386 g/mol. The number of nitrogens with zero attached hydrogens (tertiary/aromatic N) is 4. The molecule has 2 unspecified atom stereocenters. The van der Waals surface area contributed by atoms with Gasteiger partial charge in [0.1, 0.15) is 0 Å². The first-order chi connectivity index (χ1) is 14.6. The molecule has 0 spiro atoms. The van der Waals surface area contributed by atoms with Crippen LogP contribution in [0.25, 0.3) is 32.6 Å². The smallest absolute Gasteiger partial charge is 0.0992 e. The van der Waals surface area contributed by atoms with E-state index < -0.39 is 0 Å². The summed E-state index contributed by atoms with van der Waals surface area (Å²) in [6.07, 6.45) is 6.18. The molecule has 2 heterocycles. The van der Waals surface area contributed by atoms with Crippen LogP contribution in [-0.2, 0) is 7.05 Å². The Labute approximate surface area is 174 Å². The fraction of sp³-hybridized carbons (Fsp3) is 0.154. The molecular weight excluding hydrogens is 368 g/mol. The Balaban J connectivity index is 1.67. The summed E-state index contributed by atoms with van der Waals surface area (Å²) in [5, 5.41) is 23.4. The minimum Gasteiger partial charge on any atom is -0.366 e. The molecule has 2 aliphatic rings. The number of likely N-dealkylation sites (N-methyl/N-ethyl adjacent to an activating group) is 1. The molecule has 4 aromatic rings. The summed E-state index contributed by atoms with van der Waals surface area (Å²) in [5.74, 6) is 0.271. The fourth-order valence-corrected chi connectivity index (χ4v) is 5.39. The average molecular weight is 386 g/mol. The van der Waals surface area contributed by atoms with E-state index in [-0.39, 0.29) is 12.0 Å². The van der Waals surface area contributed by atoms with Gasteiger partial charge in [-0.15, -0.1) is 0 Å². The van der Waals surface area contributed by atoms with Crippen LogP contribution in [0.3, 0.4) is 0 Å². The summed E-state index contributed by atoms with van der Waals surface area (Å²) in [6.45, 7) is 0. The molecule has 1 aliphatic carbocycles. The highest BCUT2D eigenvalue weighted by Crippen LogP contribution is 2.48. The van der Waals surface area contributed by atoms with Crippen LogP contribution >= 0.6 is 0 Å². The van der Waals surface area contributed by atoms with Crippen LogP contribution in [0.4, 0.5) is 5.69 Å². The number of aryl methyl sites for hydroxylation is 1. The molecule has 1 aromatic heterocycles. The molecular formula is C26H18N4. The van der Waals surface area contributed by atoms with E-state index in [4.69, 9.17) is 0 Å². The van der Waals surface area contributed by atoms with Gasteiger partial charge in [0, 0.05) is 52.8 Å². The van der Waals surface area contributed by atoms with Crippen LogP contribution in [0, 0.1) is 22.7 Å². The Bertz CT molecular complexity index is 1550. The van der Waals surface area contributed by atoms with E-state index in [1.807, 2.05) is 18.2 Å². The quantitative estimate of drug-likeness (QED) is 0.413. The first-order valence-electron chi connectivity index (χ1n) is 10.0. The zero-order valence-corrected chi connectivity index (χ0v) is 16.7. The lowest BCUT2D eigenvalue weighted by Crippen LogP contribution is -2.29. The minimum absolute atomic E-state index is 0.173. The third-order valence-corrected chi connectivity index (χ3v) is 6.78. The highest BCUT2D eigenvalue weighted by atomic mass is 15.2. The molecule has 30 heavy (non-hydrogen) atoms. The highest BCUT2D eigenvalue weighted by molar-refractivity contribution is 6.20. The van der Waals surface area contributed by atoms with Crippen LogP contribution in [0.15, 0.2) is 66.3 Å². The van der Waals surface area contributed by atoms with E-state index >= 15 is 0 Å². The van der Waals surface area contributed by atoms with Gasteiger partial charge in [-0.2, -0.15) is 10.5 Å². The van der Waals surface area contributed by atoms with Gasteiger partial charge in [0.15, 0.2) is 0 Å². The fourth-order valence-electron chi connectivity index (χ4n) is 5.39. The Hall–Kier alpha value is -4.02. The standard InChI is InChI=1S/C26H18N4/c1-29-23-11-15(13-27)3-5-17(23)19-7-10-22-21(25(19)29)9-8-20-18-6-4-16(14-28)12-24(18)30(2)26(20)22/h3-12,17,23H,1-2H3. The second-order valence-corrected chi connectivity index (χ2v) is 8.18. The molecule has 142 valence electrons. The molecule has 4 nitrogen and oxygen atoms in total. The maximum absolute atomic E-state index is 9.33. The molecule has 0 saturated carbocycles. The van der Waals surface area contributed by atoms with E-state index in [9.17, 15) is 10.5 Å². The highest BCUT2D eigenvalue weighted by Gasteiger charge is 2.36. The number of rotatable bonds is 0. The molecule has 1 aliphatic heterocycles. The predicted molar refractivity (Wildman–Crippen MR) is 120 cm³/mol. The van der Waals surface area contributed by atoms with Crippen LogP contribution in [-0.4, -0.2) is 17.7 Å². The zero-order chi connectivity index (χ0) is 20.6. The summed E-state index contributed by atoms with van der Waals surface area (Å²) in [7, 11) is 4.20. The van der Waals surface area contributed by atoms with Crippen molar-refractivity contribution >= 4 is 38.3 Å². The SMILES string of the molecule is CN1c2c(ccc3c2ccc2c4ccc(C#N)cc4n(C)c32)C2C=CC(C#N)=CC21. The van der Waals surface area contributed by atoms with Crippen molar-refractivity contribution in [1.82, 2.24) is 4.57 Å². The molecule has 6 rings (SSSR count). The summed E-state index contributed by atoms with van der Waals surface area (Å²) in [4.78, 5) is 2.31. The van der Waals surface area contributed by atoms with Crippen molar-refractivity contribution < 1.29 is 0 Å². The number of aromatic nitrogens is 1. The number of nitriles is 2. The molecule has 0 N–H and O–H groups in total. The molecule has 4 heteroatoms. The molecule has 2 atom stereocenters. The summed E-state index contributed by atoms with van der Waals surface area (Å²) >= 11 is 0. The Morgan fingerprint density at radius 1 is 0.867 bits per heavy atom. The number of fused-ring (bicyclic) bond motifs is 9. The number of anilines is 1. The van der Waals surface area contributed by atoms with Gasteiger partial charge >= 0.3 is 0 Å². The topological polar surface area (TPSA) is 55.8 Å². The lowest BCUT2D eigenvalue weighted by Gasteiger charge is -2.25. The zero-order valence-electron chi connectivity index (χ0n) is 16.7. The lowest BCUT2D eigenvalue weighted by atomic mass is 9.88. The van der Waals surface area contributed by atoms with Crippen LogP contribution in [0.2, 0.25) is 0 Å². The van der Waals surface area contributed by atoms with E-state index in [1.165, 1.54) is 38.3 Å². The van der Waals surface area contributed by atoms with Crippen molar-refractivity contribution in [3.8, 4) is 12.1 Å². The van der Waals surface area contributed by atoms with Gasteiger partial charge in [0.05, 0.1) is 34.8 Å². The van der Waals surface area contributed by atoms with Crippen molar-refractivity contribution in [2.45, 2.75) is 12.0 Å². The van der Waals surface area contributed by atoms with Gasteiger partial charge < -0.3 is 9.47 Å². The molecule has 0 radical (unpaired) electrons. The van der Waals surface area contributed by atoms with Crippen LogP contribution < -0.4 is 4.90 Å². The summed E-state index contributed by atoms with van der Waals surface area (Å²) < 4.78 is 2.20. The minimum atomic E-state index is 0.173. The largest absolute Gasteiger partial charge is 0.366 e. The van der Waals surface area contributed by atoms with Crippen LogP contribution in [0.1, 0.15) is 17.0 Å². The van der Waals surface area contributed by atoms with Crippen molar-refractivity contribution in [2.24, 2.45) is 7.05 Å². The Kier molecular flexibility index (Phi) is 3.24. The van der Waals surface area contributed by atoms with E-state index in [1.54, 1.807) is 0 Å². The van der Waals surface area contributed by atoms with Crippen molar-refractivity contribution in [3.05, 3.63) is 77.4 Å². The maximum Gasteiger partial charge on any atom is 0.0992 e. The van der Waals surface area contributed by atoms with Gasteiger partial charge in [-0.05, 0) is 29.8 Å². The second kappa shape index (κ2) is 5.75. The Morgan fingerprint density at radius 3 is 2.40 bits per heavy atom. The molecule has 0 fully saturated rings. The molecule has 0 amide bonds. The molecule has 0 bridgehead atoms. The number of benzene rings is 3. The average Bonchev–Trinajstić information content (AvgIpc) is 3.24. The van der Waals surface area contributed by atoms with Gasteiger partial charge in [0.25, 0.3) is 0 Å². The number of allylic oxidation sites excluding steroid dienone is 2. The van der Waals surface area contributed by atoms with Gasteiger partial charge in [-0.25, -0.2) is 0 Å². The maximum atomic E-state index is 9.33. The number of hydrogen-bond donors (Lipinski definition) is 0. The second-order valence-electron chi connectivity index (χ2n) is 8.18. The third-order valence-electron chi connectivity index (χ3n) is 6.78. The number of hydrogen-bond acceptors (Lipinski definition) is 3. The van der Waals surface area contributed by atoms with Crippen LogP contribution in [0.5, 0.6) is 0 Å². The predicted octanol–water partition coefficient (Wildman–Crippen LogP) is 5.28. The normalized spacial score (nSPS) is 19.6.